The first-order valence-electron chi connectivity index (χ1n) is 18.4. The molecule has 0 aromatic carbocycles. The lowest BCUT2D eigenvalue weighted by Crippen LogP contribution is -2.29. The van der Waals surface area contributed by atoms with Gasteiger partial charge in [-0.15, -0.1) is 0 Å². The highest BCUT2D eigenvalue weighted by Gasteiger charge is 2.22. The number of hydrogen-bond donors (Lipinski definition) is 2. The molecule has 0 saturated heterocycles. The standard InChI is InChI=1S/C38H67O8P/c1-3-5-7-9-11-13-15-17-18-19-20-21-23-24-26-28-30-32-37(39)44-34-36(35-45-47(41,42)43)46-38(40)33-31-29-27-25-22-16-14-12-10-8-6-4-2/h5,7,11,13,17-18,20-21,36H,3-4,6,8-10,12,14-16,19,22-35H2,1-2H3,(H2,41,42,43)/b7-5-,13-11-,18-17-,21-20-/t36-/m1/s1. The van der Waals surface area contributed by atoms with Crippen LogP contribution in [0.3, 0.4) is 0 Å². The molecule has 9 heteroatoms. The zero-order chi connectivity index (χ0) is 34.7. The summed E-state index contributed by atoms with van der Waals surface area (Å²) >= 11 is 0. The molecule has 0 aromatic rings. The van der Waals surface area contributed by atoms with Crippen molar-refractivity contribution in [3.63, 3.8) is 0 Å². The number of carbonyl (C=O) groups excluding carboxylic acids is 2. The zero-order valence-electron chi connectivity index (χ0n) is 29.7. The molecule has 0 aliphatic rings. The second-order valence-corrected chi connectivity index (χ2v) is 13.4. The smallest absolute Gasteiger partial charge is 0.462 e. The maximum absolute atomic E-state index is 12.3. The van der Waals surface area contributed by atoms with E-state index in [0.717, 1.165) is 70.6 Å². The van der Waals surface area contributed by atoms with Crippen molar-refractivity contribution in [2.75, 3.05) is 13.2 Å². The maximum atomic E-state index is 12.3. The number of esters is 2. The third kappa shape index (κ3) is 36.7. The Morgan fingerprint density at radius 1 is 0.574 bits per heavy atom. The van der Waals surface area contributed by atoms with E-state index in [2.05, 4.69) is 67.0 Å². The number of rotatable bonds is 33. The molecule has 0 rings (SSSR count). The van der Waals surface area contributed by atoms with Crippen molar-refractivity contribution in [1.29, 1.82) is 0 Å². The first kappa shape index (κ1) is 45.0. The van der Waals surface area contributed by atoms with Gasteiger partial charge in [0.1, 0.15) is 6.61 Å². The minimum atomic E-state index is -4.75. The van der Waals surface area contributed by atoms with E-state index >= 15 is 0 Å². The summed E-state index contributed by atoms with van der Waals surface area (Å²) in [6.45, 7) is 3.53. The summed E-state index contributed by atoms with van der Waals surface area (Å²) in [6, 6.07) is 0. The first-order valence-corrected chi connectivity index (χ1v) is 20.0. The molecule has 47 heavy (non-hydrogen) atoms. The summed E-state index contributed by atoms with van der Waals surface area (Å²) in [6.07, 6.45) is 39.7. The summed E-state index contributed by atoms with van der Waals surface area (Å²) in [7, 11) is -4.75. The average molecular weight is 683 g/mol. The normalized spacial score (nSPS) is 13.0. The largest absolute Gasteiger partial charge is 0.469 e. The van der Waals surface area contributed by atoms with Gasteiger partial charge in [0, 0.05) is 12.8 Å². The van der Waals surface area contributed by atoms with Crippen molar-refractivity contribution in [1.82, 2.24) is 0 Å². The van der Waals surface area contributed by atoms with Gasteiger partial charge in [-0.05, 0) is 51.4 Å². The Bertz CT molecular complexity index is 905. The van der Waals surface area contributed by atoms with Crippen LogP contribution in [0.2, 0.25) is 0 Å². The Labute approximate surface area is 286 Å². The van der Waals surface area contributed by atoms with E-state index in [1.165, 1.54) is 51.4 Å². The van der Waals surface area contributed by atoms with Crippen LogP contribution in [-0.4, -0.2) is 41.0 Å². The molecule has 1 atom stereocenters. The van der Waals surface area contributed by atoms with Crippen LogP contribution < -0.4 is 0 Å². The Morgan fingerprint density at radius 3 is 1.53 bits per heavy atom. The number of ether oxygens (including phenoxy) is 2. The number of hydrogen-bond acceptors (Lipinski definition) is 6. The lowest BCUT2D eigenvalue weighted by molar-refractivity contribution is -0.161. The predicted molar refractivity (Wildman–Crippen MR) is 193 cm³/mol. The highest BCUT2D eigenvalue weighted by Crippen LogP contribution is 2.36. The minimum Gasteiger partial charge on any atom is -0.462 e. The van der Waals surface area contributed by atoms with Crippen molar-refractivity contribution in [2.24, 2.45) is 0 Å². The Balaban J connectivity index is 4.02. The molecule has 0 unspecified atom stereocenters. The van der Waals surface area contributed by atoms with Crippen LogP contribution in [0.5, 0.6) is 0 Å². The fourth-order valence-electron chi connectivity index (χ4n) is 4.89. The van der Waals surface area contributed by atoms with E-state index < -0.39 is 32.5 Å². The molecule has 0 spiro atoms. The van der Waals surface area contributed by atoms with E-state index in [9.17, 15) is 14.2 Å². The van der Waals surface area contributed by atoms with Gasteiger partial charge in [0.25, 0.3) is 0 Å². The molecule has 0 aliphatic carbocycles. The molecule has 0 radical (unpaired) electrons. The highest BCUT2D eigenvalue weighted by molar-refractivity contribution is 7.46. The number of allylic oxidation sites excluding steroid dienone is 8. The van der Waals surface area contributed by atoms with Gasteiger partial charge in [0.2, 0.25) is 0 Å². The Kier molecular flexibility index (Phi) is 32.5. The predicted octanol–water partition coefficient (Wildman–Crippen LogP) is 10.8. The van der Waals surface area contributed by atoms with Gasteiger partial charge in [-0.2, -0.15) is 0 Å². The average Bonchev–Trinajstić information content (AvgIpc) is 3.04. The monoisotopic (exact) mass is 682 g/mol. The topological polar surface area (TPSA) is 119 Å². The van der Waals surface area contributed by atoms with Crippen LogP contribution in [0.15, 0.2) is 48.6 Å². The first-order chi connectivity index (χ1) is 22.8. The zero-order valence-corrected chi connectivity index (χ0v) is 30.6. The molecule has 0 saturated carbocycles. The molecule has 0 fully saturated rings. The van der Waals surface area contributed by atoms with Crippen LogP contribution in [0.25, 0.3) is 0 Å². The van der Waals surface area contributed by atoms with E-state index in [1.54, 1.807) is 0 Å². The number of phosphoric acid groups is 1. The van der Waals surface area contributed by atoms with Gasteiger partial charge in [0.05, 0.1) is 6.61 Å². The van der Waals surface area contributed by atoms with Crippen LogP contribution in [0.4, 0.5) is 0 Å². The lowest BCUT2D eigenvalue weighted by Gasteiger charge is -2.18. The Morgan fingerprint density at radius 2 is 1.02 bits per heavy atom. The fourth-order valence-corrected chi connectivity index (χ4v) is 5.25. The molecule has 0 aromatic heterocycles. The van der Waals surface area contributed by atoms with Crippen molar-refractivity contribution in [3.8, 4) is 0 Å². The number of carbonyl (C=O) groups is 2. The second-order valence-electron chi connectivity index (χ2n) is 12.2. The van der Waals surface area contributed by atoms with Crippen LogP contribution in [-0.2, 0) is 28.2 Å². The molecule has 0 aliphatic heterocycles. The molecule has 272 valence electrons. The van der Waals surface area contributed by atoms with Gasteiger partial charge in [-0.1, -0.05) is 146 Å². The molecule has 0 heterocycles. The van der Waals surface area contributed by atoms with Gasteiger partial charge in [-0.3, -0.25) is 14.1 Å². The molecular formula is C38H67O8P. The van der Waals surface area contributed by atoms with Crippen molar-refractivity contribution in [2.45, 2.75) is 168 Å². The van der Waals surface area contributed by atoms with Gasteiger partial charge >= 0.3 is 19.8 Å². The summed E-state index contributed by atoms with van der Waals surface area (Å²) < 4.78 is 26.3. The third-order valence-corrected chi connectivity index (χ3v) is 8.10. The van der Waals surface area contributed by atoms with Crippen molar-refractivity contribution >= 4 is 19.8 Å². The summed E-state index contributed by atoms with van der Waals surface area (Å²) in [5.41, 5.74) is 0. The molecule has 0 bridgehead atoms. The van der Waals surface area contributed by atoms with E-state index in [0.29, 0.717) is 12.8 Å². The van der Waals surface area contributed by atoms with Crippen molar-refractivity contribution in [3.05, 3.63) is 48.6 Å². The van der Waals surface area contributed by atoms with Gasteiger partial charge in [-0.25, -0.2) is 4.57 Å². The lowest BCUT2D eigenvalue weighted by atomic mass is 10.0. The molecule has 0 amide bonds. The molecule has 2 N–H and O–H groups in total. The fraction of sp³-hybridized carbons (Fsp3) is 0.737. The minimum absolute atomic E-state index is 0.207. The third-order valence-electron chi connectivity index (χ3n) is 7.61. The van der Waals surface area contributed by atoms with Crippen LogP contribution in [0.1, 0.15) is 162 Å². The number of unbranched alkanes of at least 4 members (excludes halogenated alkanes) is 15. The second kappa shape index (κ2) is 33.9. The van der Waals surface area contributed by atoms with E-state index in [-0.39, 0.29) is 19.4 Å². The van der Waals surface area contributed by atoms with Crippen LogP contribution in [0, 0.1) is 0 Å². The Hall–Kier alpha value is -1.99. The van der Waals surface area contributed by atoms with E-state index in [1.807, 2.05) is 0 Å². The van der Waals surface area contributed by atoms with E-state index in [4.69, 9.17) is 19.3 Å². The molecular weight excluding hydrogens is 615 g/mol. The van der Waals surface area contributed by atoms with Crippen molar-refractivity contribution < 1.29 is 37.9 Å². The summed E-state index contributed by atoms with van der Waals surface area (Å²) in [4.78, 5) is 42.6. The summed E-state index contributed by atoms with van der Waals surface area (Å²) in [5.74, 6) is -0.914. The maximum Gasteiger partial charge on any atom is 0.469 e. The quantitative estimate of drug-likeness (QED) is 0.0304. The van der Waals surface area contributed by atoms with Gasteiger partial charge < -0.3 is 19.3 Å². The SMILES string of the molecule is CC/C=C\C/C=C\C/C=C\C/C=C\CCCCCCC(=O)OC[C@H](COP(=O)(O)O)OC(=O)CCCCCCCCCCCCCC. The highest BCUT2D eigenvalue weighted by atomic mass is 31.2. The number of phosphoric ester groups is 1. The molecule has 8 nitrogen and oxygen atoms in total. The summed E-state index contributed by atoms with van der Waals surface area (Å²) in [5, 5.41) is 0. The van der Waals surface area contributed by atoms with Gasteiger partial charge in [0.15, 0.2) is 6.10 Å². The van der Waals surface area contributed by atoms with Crippen LogP contribution >= 0.6 is 7.82 Å².